The molecule has 19 heavy (non-hydrogen) atoms. The summed E-state index contributed by atoms with van der Waals surface area (Å²) in [4.78, 5) is 11.7. The molecule has 0 radical (unpaired) electrons. The first-order valence-electron chi connectivity index (χ1n) is 5.86. The molecule has 2 aromatic carbocycles. The zero-order chi connectivity index (χ0) is 13.5. The number of methoxy groups -OCH3 is 1. The molecule has 2 aromatic rings. The smallest absolute Gasteiger partial charge is 0.342 e. The molecule has 0 amide bonds. The molecule has 96 valence electrons. The molecule has 0 aliphatic rings. The van der Waals surface area contributed by atoms with Crippen LogP contribution in [0.15, 0.2) is 60.9 Å². The highest BCUT2D eigenvalue weighted by atomic mass is 16.5. The molecule has 0 saturated heterocycles. The lowest BCUT2D eigenvalue weighted by molar-refractivity contribution is 0.0665. The van der Waals surface area contributed by atoms with Gasteiger partial charge in [-0.15, -0.1) is 0 Å². The first-order valence-corrected chi connectivity index (χ1v) is 5.86. The number of hydrogen-bond donors (Lipinski definition) is 0. The van der Waals surface area contributed by atoms with Gasteiger partial charge in [0.15, 0.2) is 0 Å². The van der Waals surface area contributed by atoms with Gasteiger partial charge in [-0.2, -0.15) is 0 Å². The van der Waals surface area contributed by atoms with Gasteiger partial charge >= 0.3 is 5.97 Å². The largest absolute Gasteiger partial charge is 0.497 e. The van der Waals surface area contributed by atoms with E-state index in [0.29, 0.717) is 5.56 Å². The Bertz CT molecular complexity index is 574. The second-order valence-electron chi connectivity index (χ2n) is 3.85. The summed E-state index contributed by atoms with van der Waals surface area (Å²) < 4.78 is 10.2. The summed E-state index contributed by atoms with van der Waals surface area (Å²) in [6.07, 6.45) is 3.09. The third-order valence-corrected chi connectivity index (χ3v) is 2.54. The van der Waals surface area contributed by atoms with Crippen LogP contribution >= 0.6 is 0 Å². The Morgan fingerprint density at radius 2 is 1.84 bits per heavy atom. The van der Waals surface area contributed by atoms with Crippen LogP contribution in [0.3, 0.4) is 0 Å². The molecule has 0 heterocycles. The standard InChI is InChI=1S/C16H14O3/c1-18-15-9-5-6-13(12-15)10-11-19-16(17)14-7-3-2-4-8-14/h2-12H,1H3. The highest BCUT2D eigenvalue weighted by Crippen LogP contribution is 2.13. The number of rotatable bonds is 4. The van der Waals surface area contributed by atoms with Gasteiger partial charge in [0.1, 0.15) is 5.75 Å². The van der Waals surface area contributed by atoms with Gasteiger partial charge < -0.3 is 9.47 Å². The van der Waals surface area contributed by atoms with Gasteiger partial charge in [0, 0.05) is 0 Å². The van der Waals surface area contributed by atoms with E-state index in [2.05, 4.69) is 0 Å². The Morgan fingerprint density at radius 3 is 2.58 bits per heavy atom. The highest BCUT2D eigenvalue weighted by molar-refractivity contribution is 5.89. The predicted octanol–water partition coefficient (Wildman–Crippen LogP) is 3.52. The van der Waals surface area contributed by atoms with Crippen LogP contribution in [0.5, 0.6) is 5.75 Å². The Balaban J connectivity index is 1.98. The number of carbonyl (C=O) groups excluding carboxylic acids is 1. The van der Waals surface area contributed by atoms with Crippen molar-refractivity contribution in [1.82, 2.24) is 0 Å². The minimum atomic E-state index is -0.375. The van der Waals surface area contributed by atoms with Gasteiger partial charge in [0.25, 0.3) is 0 Å². The van der Waals surface area contributed by atoms with Crippen molar-refractivity contribution in [1.29, 1.82) is 0 Å². The zero-order valence-corrected chi connectivity index (χ0v) is 10.6. The molecule has 0 fully saturated rings. The molecule has 0 aliphatic heterocycles. The molecule has 0 bridgehead atoms. The molecule has 0 spiro atoms. The van der Waals surface area contributed by atoms with Gasteiger partial charge in [-0.3, -0.25) is 0 Å². The molecular weight excluding hydrogens is 240 g/mol. The van der Waals surface area contributed by atoms with E-state index in [1.165, 1.54) is 6.26 Å². The summed E-state index contributed by atoms with van der Waals surface area (Å²) in [5, 5.41) is 0. The topological polar surface area (TPSA) is 35.5 Å². The van der Waals surface area contributed by atoms with E-state index in [1.807, 2.05) is 30.3 Å². The third kappa shape index (κ3) is 3.71. The normalized spacial score (nSPS) is 10.4. The predicted molar refractivity (Wildman–Crippen MR) is 73.9 cm³/mol. The van der Waals surface area contributed by atoms with Crippen LogP contribution in [0, 0.1) is 0 Å². The van der Waals surface area contributed by atoms with Crippen LogP contribution in [-0.2, 0) is 4.74 Å². The Labute approximate surface area is 112 Å². The van der Waals surface area contributed by atoms with E-state index in [0.717, 1.165) is 11.3 Å². The van der Waals surface area contributed by atoms with E-state index in [1.54, 1.807) is 37.5 Å². The number of carbonyl (C=O) groups is 1. The monoisotopic (exact) mass is 254 g/mol. The van der Waals surface area contributed by atoms with E-state index in [9.17, 15) is 4.79 Å². The summed E-state index contributed by atoms with van der Waals surface area (Å²) in [5.41, 5.74) is 1.43. The zero-order valence-electron chi connectivity index (χ0n) is 10.6. The maximum atomic E-state index is 11.7. The van der Waals surface area contributed by atoms with Gasteiger partial charge in [-0.05, 0) is 35.9 Å². The second-order valence-corrected chi connectivity index (χ2v) is 3.85. The van der Waals surface area contributed by atoms with Crippen molar-refractivity contribution in [3.05, 3.63) is 72.0 Å². The molecule has 2 rings (SSSR count). The van der Waals surface area contributed by atoms with E-state index < -0.39 is 0 Å². The quantitative estimate of drug-likeness (QED) is 0.618. The molecule has 0 atom stereocenters. The lowest BCUT2D eigenvalue weighted by atomic mass is 10.2. The van der Waals surface area contributed by atoms with Crippen molar-refractivity contribution >= 4 is 12.0 Å². The van der Waals surface area contributed by atoms with Gasteiger partial charge in [-0.25, -0.2) is 4.79 Å². The molecule has 0 saturated carbocycles. The van der Waals surface area contributed by atoms with Gasteiger partial charge in [0.2, 0.25) is 0 Å². The summed E-state index contributed by atoms with van der Waals surface area (Å²) >= 11 is 0. The lowest BCUT2D eigenvalue weighted by Crippen LogP contribution is -1.99. The minimum Gasteiger partial charge on any atom is -0.497 e. The fraction of sp³-hybridized carbons (Fsp3) is 0.0625. The summed E-state index contributed by atoms with van der Waals surface area (Å²) in [6, 6.07) is 16.3. The highest BCUT2D eigenvalue weighted by Gasteiger charge is 2.03. The third-order valence-electron chi connectivity index (χ3n) is 2.54. The number of ether oxygens (including phenoxy) is 2. The Kier molecular flexibility index (Phi) is 4.34. The maximum Gasteiger partial charge on any atom is 0.342 e. The summed E-state index contributed by atoms with van der Waals surface area (Å²) in [7, 11) is 1.61. The first-order chi connectivity index (χ1) is 9.29. The van der Waals surface area contributed by atoms with Crippen molar-refractivity contribution in [2.24, 2.45) is 0 Å². The first kappa shape index (κ1) is 12.9. The van der Waals surface area contributed by atoms with Crippen LogP contribution in [0.25, 0.3) is 6.08 Å². The number of esters is 1. The number of hydrogen-bond acceptors (Lipinski definition) is 3. The fourth-order valence-electron chi connectivity index (χ4n) is 1.56. The van der Waals surface area contributed by atoms with Crippen molar-refractivity contribution in [3.8, 4) is 5.75 Å². The fourth-order valence-corrected chi connectivity index (χ4v) is 1.56. The molecule has 0 aliphatic carbocycles. The van der Waals surface area contributed by atoms with Gasteiger partial charge in [0.05, 0.1) is 18.9 Å². The molecule has 3 heteroatoms. The molecule has 0 aromatic heterocycles. The van der Waals surface area contributed by atoms with Crippen molar-refractivity contribution < 1.29 is 14.3 Å². The van der Waals surface area contributed by atoms with Crippen molar-refractivity contribution in [2.45, 2.75) is 0 Å². The molecule has 3 nitrogen and oxygen atoms in total. The Morgan fingerprint density at radius 1 is 1.05 bits per heavy atom. The average Bonchev–Trinajstić information content (AvgIpc) is 2.48. The van der Waals surface area contributed by atoms with Crippen LogP contribution in [0.4, 0.5) is 0 Å². The second kappa shape index (κ2) is 6.40. The van der Waals surface area contributed by atoms with Crippen LogP contribution in [-0.4, -0.2) is 13.1 Å². The van der Waals surface area contributed by atoms with E-state index in [4.69, 9.17) is 9.47 Å². The van der Waals surface area contributed by atoms with Crippen LogP contribution in [0.2, 0.25) is 0 Å². The van der Waals surface area contributed by atoms with E-state index in [-0.39, 0.29) is 5.97 Å². The summed E-state index contributed by atoms with van der Waals surface area (Å²) in [6.45, 7) is 0. The van der Waals surface area contributed by atoms with Crippen molar-refractivity contribution in [3.63, 3.8) is 0 Å². The SMILES string of the molecule is COc1cccc(C=COC(=O)c2ccccc2)c1. The minimum absolute atomic E-state index is 0.375. The lowest BCUT2D eigenvalue weighted by Gasteiger charge is -2.01. The molecule has 0 N–H and O–H groups in total. The number of benzene rings is 2. The van der Waals surface area contributed by atoms with E-state index >= 15 is 0 Å². The average molecular weight is 254 g/mol. The van der Waals surface area contributed by atoms with Crippen LogP contribution in [0.1, 0.15) is 15.9 Å². The van der Waals surface area contributed by atoms with Crippen LogP contribution < -0.4 is 4.74 Å². The Hall–Kier alpha value is -2.55. The molecule has 0 unspecified atom stereocenters. The summed E-state index contributed by atoms with van der Waals surface area (Å²) in [5.74, 6) is 0.385. The maximum absolute atomic E-state index is 11.7. The molecular formula is C16H14O3. The van der Waals surface area contributed by atoms with Crippen molar-refractivity contribution in [2.75, 3.05) is 7.11 Å². The van der Waals surface area contributed by atoms with Gasteiger partial charge in [-0.1, -0.05) is 30.3 Å².